The number of hydrogen-bond donors (Lipinski definition) is 0. The molecule has 140 valence electrons. The third-order valence-corrected chi connectivity index (χ3v) is 5.58. The molecular weight excluding hydrogens is 336 g/mol. The van der Waals surface area contributed by atoms with Crippen molar-refractivity contribution in [3.05, 3.63) is 24.0 Å². The molecule has 8 nitrogen and oxygen atoms in total. The topological polar surface area (TPSA) is 75.1 Å². The molecule has 0 aliphatic carbocycles. The number of morpholine rings is 1. The summed E-state index contributed by atoms with van der Waals surface area (Å²) in [6.45, 7) is 3.87. The van der Waals surface area contributed by atoms with Gasteiger partial charge >= 0.3 is 0 Å². The first-order valence-corrected chi connectivity index (χ1v) is 9.11. The quantitative estimate of drug-likeness (QED) is 0.732. The van der Waals surface area contributed by atoms with Crippen LogP contribution in [0.15, 0.2) is 18.3 Å². The molecule has 1 atom stereocenters. The van der Waals surface area contributed by atoms with Crippen molar-refractivity contribution >= 4 is 17.7 Å². The van der Waals surface area contributed by atoms with Gasteiger partial charge < -0.3 is 24.0 Å². The van der Waals surface area contributed by atoms with Gasteiger partial charge in [-0.15, -0.1) is 0 Å². The maximum absolute atomic E-state index is 12.6. The van der Waals surface area contributed by atoms with Gasteiger partial charge in [-0.05, 0) is 12.1 Å². The number of rotatable bonds is 3. The number of amides is 3. The Balaban J connectivity index is 1.32. The number of likely N-dealkylation sites (tertiary alicyclic amines) is 2. The van der Waals surface area contributed by atoms with Crippen LogP contribution in [0, 0.1) is 5.92 Å². The van der Waals surface area contributed by atoms with Crippen molar-refractivity contribution < 1.29 is 19.1 Å². The van der Waals surface area contributed by atoms with E-state index in [2.05, 4.69) is 0 Å². The maximum atomic E-state index is 12.6. The summed E-state index contributed by atoms with van der Waals surface area (Å²) in [6.07, 6.45) is 2.12. The van der Waals surface area contributed by atoms with Gasteiger partial charge in [-0.3, -0.25) is 14.4 Å². The van der Waals surface area contributed by atoms with E-state index in [0.29, 0.717) is 51.6 Å². The van der Waals surface area contributed by atoms with Crippen LogP contribution in [-0.4, -0.2) is 89.0 Å². The van der Waals surface area contributed by atoms with E-state index in [0.717, 1.165) is 0 Å². The zero-order valence-corrected chi connectivity index (χ0v) is 15.0. The van der Waals surface area contributed by atoms with Crippen LogP contribution in [0.2, 0.25) is 0 Å². The van der Waals surface area contributed by atoms with E-state index < -0.39 is 0 Å². The Kier molecular flexibility index (Phi) is 4.44. The van der Waals surface area contributed by atoms with Gasteiger partial charge in [0.1, 0.15) is 5.69 Å². The SMILES string of the molecule is Cn1cccc1C(=O)N1CC(N2CC(C(=O)N3CCOCC3)CC2=O)C1. The molecule has 0 bridgehead atoms. The largest absolute Gasteiger partial charge is 0.378 e. The molecule has 4 heterocycles. The average Bonchev–Trinajstić information content (AvgIpc) is 3.20. The first-order valence-electron chi connectivity index (χ1n) is 9.11. The third kappa shape index (κ3) is 2.98. The summed E-state index contributed by atoms with van der Waals surface area (Å²) in [5.41, 5.74) is 0.650. The van der Waals surface area contributed by atoms with Gasteiger partial charge in [-0.1, -0.05) is 0 Å². The highest BCUT2D eigenvalue weighted by Crippen LogP contribution is 2.27. The van der Waals surface area contributed by atoms with E-state index in [1.54, 1.807) is 25.3 Å². The normalized spacial score (nSPS) is 24.1. The van der Waals surface area contributed by atoms with E-state index in [9.17, 15) is 14.4 Å². The van der Waals surface area contributed by atoms with Gasteiger partial charge in [-0.25, -0.2) is 0 Å². The predicted octanol–water partition coefficient (Wildman–Crippen LogP) is -0.443. The molecule has 0 N–H and O–H groups in total. The number of carbonyl (C=O) groups excluding carboxylic acids is 3. The van der Waals surface area contributed by atoms with Crippen LogP contribution in [0.3, 0.4) is 0 Å². The summed E-state index contributed by atoms with van der Waals surface area (Å²) in [5, 5.41) is 0. The first kappa shape index (κ1) is 17.1. The van der Waals surface area contributed by atoms with Crippen molar-refractivity contribution in [1.82, 2.24) is 19.3 Å². The van der Waals surface area contributed by atoms with Gasteiger partial charge in [0.05, 0.1) is 25.2 Å². The maximum Gasteiger partial charge on any atom is 0.270 e. The summed E-state index contributed by atoms with van der Waals surface area (Å²) in [4.78, 5) is 42.8. The average molecular weight is 360 g/mol. The molecule has 1 aromatic heterocycles. The van der Waals surface area contributed by atoms with Gasteiger partial charge in [0.2, 0.25) is 11.8 Å². The fourth-order valence-electron chi connectivity index (χ4n) is 3.96. The molecule has 3 saturated heterocycles. The zero-order valence-electron chi connectivity index (χ0n) is 15.0. The second-order valence-corrected chi connectivity index (χ2v) is 7.25. The summed E-state index contributed by atoms with van der Waals surface area (Å²) in [5.74, 6) is -0.202. The van der Waals surface area contributed by atoms with E-state index in [1.165, 1.54) is 0 Å². The minimum atomic E-state index is -0.266. The summed E-state index contributed by atoms with van der Waals surface area (Å²) in [6, 6.07) is 3.67. The van der Waals surface area contributed by atoms with Crippen molar-refractivity contribution in [1.29, 1.82) is 0 Å². The molecule has 0 saturated carbocycles. The highest BCUT2D eigenvalue weighted by Gasteiger charge is 2.44. The van der Waals surface area contributed by atoms with E-state index >= 15 is 0 Å². The number of ether oxygens (including phenoxy) is 1. The third-order valence-electron chi connectivity index (χ3n) is 5.58. The van der Waals surface area contributed by atoms with Crippen molar-refractivity contribution in [3.8, 4) is 0 Å². The summed E-state index contributed by atoms with van der Waals surface area (Å²) in [7, 11) is 1.84. The highest BCUT2D eigenvalue weighted by atomic mass is 16.5. The van der Waals surface area contributed by atoms with E-state index in [1.807, 2.05) is 19.3 Å². The minimum absolute atomic E-state index is 0.0126. The van der Waals surface area contributed by atoms with E-state index in [4.69, 9.17) is 4.74 Å². The number of nitrogens with zero attached hydrogens (tertiary/aromatic N) is 4. The molecule has 0 radical (unpaired) electrons. The lowest BCUT2D eigenvalue weighted by molar-refractivity contribution is -0.139. The van der Waals surface area contributed by atoms with Crippen LogP contribution in [0.1, 0.15) is 16.9 Å². The Morgan fingerprint density at radius 1 is 1.12 bits per heavy atom. The summed E-state index contributed by atoms with van der Waals surface area (Å²) < 4.78 is 7.08. The number of aryl methyl sites for hydroxylation is 1. The van der Waals surface area contributed by atoms with Crippen molar-refractivity contribution in [2.75, 3.05) is 45.9 Å². The number of aromatic nitrogens is 1. The zero-order chi connectivity index (χ0) is 18.3. The lowest BCUT2D eigenvalue weighted by Gasteiger charge is -2.44. The molecule has 3 fully saturated rings. The Morgan fingerprint density at radius 2 is 1.85 bits per heavy atom. The lowest BCUT2D eigenvalue weighted by Crippen LogP contribution is -2.61. The number of carbonyl (C=O) groups is 3. The van der Waals surface area contributed by atoms with Gasteiger partial charge in [0, 0.05) is 52.4 Å². The van der Waals surface area contributed by atoms with Gasteiger partial charge in [0.25, 0.3) is 5.91 Å². The van der Waals surface area contributed by atoms with E-state index in [-0.39, 0.29) is 36.1 Å². The monoisotopic (exact) mass is 360 g/mol. The Bertz CT molecular complexity index is 719. The molecule has 0 spiro atoms. The molecule has 8 heteroatoms. The Hall–Kier alpha value is -2.35. The Morgan fingerprint density at radius 3 is 2.50 bits per heavy atom. The first-order chi connectivity index (χ1) is 12.5. The van der Waals surface area contributed by atoms with Crippen LogP contribution >= 0.6 is 0 Å². The fourth-order valence-corrected chi connectivity index (χ4v) is 3.96. The lowest BCUT2D eigenvalue weighted by atomic mass is 10.1. The second-order valence-electron chi connectivity index (χ2n) is 7.25. The molecule has 0 aromatic carbocycles. The standard InChI is InChI=1S/C18H24N4O4/c1-19-4-2-3-15(19)18(25)21-11-14(12-21)22-10-13(9-16(22)23)17(24)20-5-7-26-8-6-20/h2-4,13-14H,5-12H2,1H3. The molecule has 1 aromatic rings. The minimum Gasteiger partial charge on any atom is -0.378 e. The van der Waals surface area contributed by atoms with Crippen LogP contribution < -0.4 is 0 Å². The van der Waals surface area contributed by atoms with Crippen molar-refractivity contribution in [2.45, 2.75) is 12.5 Å². The second kappa shape index (κ2) is 6.75. The fraction of sp³-hybridized carbons (Fsp3) is 0.611. The molecule has 3 amide bonds. The van der Waals surface area contributed by atoms with Crippen LogP contribution in [0.4, 0.5) is 0 Å². The van der Waals surface area contributed by atoms with Crippen LogP contribution in [-0.2, 0) is 21.4 Å². The predicted molar refractivity (Wildman–Crippen MR) is 92.3 cm³/mol. The van der Waals surface area contributed by atoms with Crippen LogP contribution in [0.5, 0.6) is 0 Å². The van der Waals surface area contributed by atoms with Crippen molar-refractivity contribution in [3.63, 3.8) is 0 Å². The van der Waals surface area contributed by atoms with Crippen molar-refractivity contribution in [2.24, 2.45) is 13.0 Å². The smallest absolute Gasteiger partial charge is 0.270 e. The summed E-state index contributed by atoms with van der Waals surface area (Å²) >= 11 is 0. The molecule has 3 aliphatic heterocycles. The molecule has 4 rings (SSSR count). The van der Waals surface area contributed by atoms with Gasteiger partial charge in [0.15, 0.2) is 0 Å². The molecule has 26 heavy (non-hydrogen) atoms. The highest BCUT2D eigenvalue weighted by molar-refractivity contribution is 5.94. The van der Waals surface area contributed by atoms with Gasteiger partial charge in [-0.2, -0.15) is 0 Å². The van der Waals surface area contributed by atoms with Crippen LogP contribution in [0.25, 0.3) is 0 Å². The molecule has 3 aliphatic rings. The Labute approximate surface area is 152 Å². The number of hydrogen-bond acceptors (Lipinski definition) is 4. The molecule has 1 unspecified atom stereocenters. The molecular formula is C18H24N4O4.